The van der Waals surface area contributed by atoms with Crippen molar-refractivity contribution in [2.45, 2.75) is 0 Å². The number of benzene rings is 1. The standard InChI is InChI=1S/C12H18FN3/c13-11-1-3-12(4-2-11)16-9-7-15(6-5-14)8-10-16/h1-4H,5-10,14H2. The van der Waals surface area contributed by atoms with Crippen molar-refractivity contribution in [3.8, 4) is 0 Å². The second-order valence-corrected chi connectivity index (χ2v) is 4.09. The van der Waals surface area contributed by atoms with E-state index in [0.29, 0.717) is 0 Å². The zero-order valence-electron chi connectivity index (χ0n) is 9.40. The average Bonchev–Trinajstić information content (AvgIpc) is 2.32. The van der Waals surface area contributed by atoms with Crippen LogP contribution in [0.1, 0.15) is 0 Å². The minimum atomic E-state index is -0.175. The number of nitrogens with zero attached hydrogens (tertiary/aromatic N) is 2. The van der Waals surface area contributed by atoms with E-state index in [1.807, 2.05) is 12.1 Å². The zero-order chi connectivity index (χ0) is 11.4. The maximum atomic E-state index is 12.8. The van der Waals surface area contributed by atoms with Gasteiger partial charge in [-0.15, -0.1) is 0 Å². The second-order valence-electron chi connectivity index (χ2n) is 4.09. The number of anilines is 1. The van der Waals surface area contributed by atoms with Gasteiger partial charge in [0.15, 0.2) is 0 Å². The molecule has 1 aliphatic heterocycles. The molecule has 0 aromatic heterocycles. The normalized spacial score (nSPS) is 17.8. The molecule has 0 unspecified atom stereocenters. The lowest BCUT2D eigenvalue weighted by Gasteiger charge is -2.35. The maximum absolute atomic E-state index is 12.8. The van der Waals surface area contributed by atoms with Gasteiger partial charge in [-0.05, 0) is 24.3 Å². The first-order chi connectivity index (χ1) is 7.79. The van der Waals surface area contributed by atoms with Gasteiger partial charge in [-0.3, -0.25) is 4.90 Å². The smallest absolute Gasteiger partial charge is 0.123 e. The summed E-state index contributed by atoms with van der Waals surface area (Å²) >= 11 is 0. The zero-order valence-corrected chi connectivity index (χ0v) is 9.40. The third-order valence-electron chi connectivity index (χ3n) is 3.01. The maximum Gasteiger partial charge on any atom is 0.123 e. The Morgan fingerprint density at radius 2 is 1.69 bits per heavy atom. The molecular formula is C12H18FN3. The van der Waals surface area contributed by atoms with Crippen LogP contribution >= 0.6 is 0 Å². The Kier molecular flexibility index (Phi) is 3.74. The quantitative estimate of drug-likeness (QED) is 0.826. The highest BCUT2D eigenvalue weighted by atomic mass is 19.1. The number of halogens is 1. The molecule has 0 saturated carbocycles. The highest BCUT2D eigenvalue weighted by Gasteiger charge is 2.16. The number of rotatable bonds is 3. The summed E-state index contributed by atoms with van der Waals surface area (Å²) in [7, 11) is 0. The van der Waals surface area contributed by atoms with Crippen molar-refractivity contribution in [1.29, 1.82) is 0 Å². The summed E-state index contributed by atoms with van der Waals surface area (Å²) < 4.78 is 12.8. The van der Waals surface area contributed by atoms with E-state index in [9.17, 15) is 4.39 Å². The van der Waals surface area contributed by atoms with Gasteiger partial charge < -0.3 is 10.6 Å². The summed E-state index contributed by atoms with van der Waals surface area (Å²) in [5, 5.41) is 0. The monoisotopic (exact) mass is 223 g/mol. The molecule has 0 radical (unpaired) electrons. The van der Waals surface area contributed by atoms with Crippen LogP contribution in [0.4, 0.5) is 10.1 Å². The van der Waals surface area contributed by atoms with E-state index in [-0.39, 0.29) is 5.82 Å². The first-order valence-electron chi connectivity index (χ1n) is 5.72. The van der Waals surface area contributed by atoms with E-state index < -0.39 is 0 Å². The Morgan fingerprint density at radius 1 is 1.06 bits per heavy atom. The molecule has 0 spiro atoms. The summed E-state index contributed by atoms with van der Waals surface area (Å²) in [5.41, 5.74) is 6.63. The van der Waals surface area contributed by atoms with Crippen molar-refractivity contribution in [2.75, 3.05) is 44.2 Å². The molecule has 0 atom stereocenters. The minimum absolute atomic E-state index is 0.175. The Balaban J connectivity index is 1.91. The van der Waals surface area contributed by atoms with E-state index in [1.165, 1.54) is 12.1 Å². The Bertz CT molecular complexity index is 318. The van der Waals surface area contributed by atoms with Gasteiger partial charge in [-0.2, -0.15) is 0 Å². The van der Waals surface area contributed by atoms with Crippen LogP contribution in [-0.2, 0) is 0 Å². The fourth-order valence-electron chi connectivity index (χ4n) is 2.06. The van der Waals surface area contributed by atoms with Crippen molar-refractivity contribution in [3.63, 3.8) is 0 Å². The predicted octanol–water partition coefficient (Wildman–Crippen LogP) is 0.906. The van der Waals surface area contributed by atoms with Gasteiger partial charge >= 0.3 is 0 Å². The van der Waals surface area contributed by atoms with Crippen LogP contribution in [-0.4, -0.2) is 44.2 Å². The Morgan fingerprint density at radius 3 is 2.25 bits per heavy atom. The molecule has 1 aromatic rings. The molecule has 1 aliphatic rings. The predicted molar refractivity (Wildman–Crippen MR) is 64.1 cm³/mol. The van der Waals surface area contributed by atoms with Crippen LogP contribution in [0.25, 0.3) is 0 Å². The molecule has 0 amide bonds. The van der Waals surface area contributed by atoms with E-state index in [2.05, 4.69) is 9.80 Å². The van der Waals surface area contributed by atoms with Crippen LogP contribution < -0.4 is 10.6 Å². The topological polar surface area (TPSA) is 32.5 Å². The molecule has 0 bridgehead atoms. The van der Waals surface area contributed by atoms with Crippen LogP contribution in [0.15, 0.2) is 24.3 Å². The SMILES string of the molecule is NCCN1CCN(c2ccc(F)cc2)CC1. The minimum Gasteiger partial charge on any atom is -0.369 e. The summed E-state index contributed by atoms with van der Waals surface area (Å²) in [5.74, 6) is -0.175. The molecule has 0 aliphatic carbocycles. The molecule has 4 heteroatoms. The fraction of sp³-hybridized carbons (Fsp3) is 0.500. The van der Waals surface area contributed by atoms with Gasteiger partial charge in [0, 0.05) is 45.0 Å². The molecule has 2 rings (SSSR count). The third-order valence-corrected chi connectivity index (χ3v) is 3.01. The molecule has 1 fully saturated rings. The van der Waals surface area contributed by atoms with E-state index in [1.54, 1.807) is 0 Å². The average molecular weight is 223 g/mol. The first-order valence-corrected chi connectivity index (χ1v) is 5.72. The first kappa shape index (κ1) is 11.4. The van der Waals surface area contributed by atoms with E-state index in [4.69, 9.17) is 5.73 Å². The Labute approximate surface area is 95.6 Å². The molecule has 2 N–H and O–H groups in total. The lowest BCUT2D eigenvalue weighted by Crippen LogP contribution is -2.47. The number of nitrogens with two attached hydrogens (primary N) is 1. The van der Waals surface area contributed by atoms with Crippen molar-refractivity contribution in [2.24, 2.45) is 5.73 Å². The summed E-state index contributed by atoms with van der Waals surface area (Å²) in [6, 6.07) is 6.71. The fourth-order valence-corrected chi connectivity index (χ4v) is 2.06. The number of hydrogen-bond acceptors (Lipinski definition) is 3. The molecule has 1 heterocycles. The van der Waals surface area contributed by atoms with Gasteiger partial charge in [-0.25, -0.2) is 4.39 Å². The lowest BCUT2D eigenvalue weighted by atomic mass is 10.2. The van der Waals surface area contributed by atoms with E-state index in [0.717, 1.165) is 45.0 Å². The highest BCUT2D eigenvalue weighted by molar-refractivity contribution is 5.46. The van der Waals surface area contributed by atoms with Gasteiger partial charge in [0.1, 0.15) is 5.82 Å². The highest BCUT2D eigenvalue weighted by Crippen LogP contribution is 2.16. The lowest BCUT2D eigenvalue weighted by molar-refractivity contribution is 0.265. The van der Waals surface area contributed by atoms with Gasteiger partial charge in [0.05, 0.1) is 0 Å². The van der Waals surface area contributed by atoms with Gasteiger partial charge in [0.2, 0.25) is 0 Å². The van der Waals surface area contributed by atoms with Crippen LogP contribution in [0.3, 0.4) is 0 Å². The number of hydrogen-bond donors (Lipinski definition) is 1. The molecule has 1 saturated heterocycles. The molecule has 3 nitrogen and oxygen atoms in total. The largest absolute Gasteiger partial charge is 0.369 e. The van der Waals surface area contributed by atoms with Crippen LogP contribution in [0.2, 0.25) is 0 Å². The molecule has 88 valence electrons. The van der Waals surface area contributed by atoms with Crippen molar-refractivity contribution in [1.82, 2.24) is 4.90 Å². The summed E-state index contributed by atoms with van der Waals surface area (Å²) in [6.07, 6.45) is 0. The molecule has 1 aromatic carbocycles. The van der Waals surface area contributed by atoms with Gasteiger partial charge in [0.25, 0.3) is 0 Å². The van der Waals surface area contributed by atoms with Crippen molar-refractivity contribution in [3.05, 3.63) is 30.1 Å². The molecular weight excluding hydrogens is 205 g/mol. The second kappa shape index (κ2) is 5.27. The molecule has 16 heavy (non-hydrogen) atoms. The summed E-state index contributed by atoms with van der Waals surface area (Å²) in [6.45, 7) is 5.74. The van der Waals surface area contributed by atoms with Crippen LogP contribution in [0.5, 0.6) is 0 Å². The number of piperazine rings is 1. The van der Waals surface area contributed by atoms with Crippen molar-refractivity contribution < 1.29 is 4.39 Å². The third kappa shape index (κ3) is 2.71. The van der Waals surface area contributed by atoms with E-state index >= 15 is 0 Å². The summed E-state index contributed by atoms with van der Waals surface area (Å²) in [4.78, 5) is 4.65. The Hall–Kier alpha value is -1.13. The van der Waals surface area contributed by atoms with Gasteiger partial charge in [-0.1, -0.05) is 0 Å². The van der Waals surface area contributed by atoms with Crippen LogP contribution in [0, 0.1) is 5.82 Å². The van der Waals surface area contributed by atoms with Crippen molar-refractivity contribution >= 4 is 5.69 Å².